The molecule has 1 aromatic carbocycles. The molecule has 0 atom stereocenters. The van der Waals surface area contributed by atoms with Crippen LogP contribution in [0.4, 0.5) is 3.89 Å². The monoisotopic (exact) mass is 337 g/mol. The van der Waals surface area contributed by atoms with Crippen molar-refractivity contribution in [1.29, 1.82) is 0 Å². The molecule has 130 valence electrons. The Kier molecular flexibility index (Phi) is 4.21. The second kappa shape index (κ2) is 5.27. The number of halogens is 1. The van der Waals surface area contributed by atoms with Crippen molar-refractivity contribution in [3.8, 4) is 0 Å². The molecule has 1 nitrogen and oxygen atoms in total. The third-order valence-corrected chi connectivity index (χ3v) is 8.58. The molecular formula is C20H32FNS. The number of hydrogen-bond donors (Lipinski definition) is 0. The molecule has 0 fully saturated rings. The molecule has 0 aliphatic carbocycles. The molecule has 1 aromatic heterocycles. The maximum atomic E-state index is 16.8. The molecule has 23 heavy (non-hydrogen) atoms. The first-order chi connectivity index (χ1) is 10.2. The SMILES string of the molecule is CC(C)(C)n1c(S(F)(C(C)(C)C)C(C)(C)C)cc2ccccc21. The van der Waals surface area contributed by atoms with Crippen LogP contribution in [-0.4, -0.2) is 14.1 Å². The lowest BCUT2D eigenvalue weighted by atomic mass is 10.1. The summed E-state index contributed by atoms with van der Waals surface area (Å²) in [6.45, 7) is 18.7. The maximum Gasteiger partial charge on any atom is 0.0872 e. The van der Waals surface area contributed by atoms with Crippen molar-refractivity contribution in [2.24, 2.45) is 0 Å². The van der Waals surface area contributed by atoms with Gasteiger partial charge in [0.1, 0.15) is 0 Å². The van der Waals surface area contributed by atoms with Crippen LogP contribution in [0.15, 0.2) is 35.4 Å². The van der Waals surface area contributed by atoms with E-state index in [4.69, 9.17) is 0 Å². The fourth-order valence-electron chi connectivity index (χ4n) is 3.57. The molecule has 0 bridgehead atoms. The summed E-state index contributed by atoms with van der Waals surface area (Å²) in [6, 6.07) is 10.4. The van der Waals surface area contributed by atoms with Gasteiger partial charge in [0.25, 0.3) is 0 Å². The Morgan fingerprint density at radius 3 is 1.74 bits per heavy atom. The number of rotatable bonds is 1. The summed E-state index contributed by atoms with van der Waals surface area (Å²) in [5, 5.41) is 1.99. The summed E-state index contributed by atoms with van der Waals surface area (Å²) in [5.41, 5.74) is 0.956. The standard InChI is InChI=1S/C20H32FNS/c1-18(2,3)22-16-13-11-10-12-15(16)14-17(22)23(21,19(4,5)6)20(7,8)9/h10-14H,1-9H3. The van der Waals surface area contributed by atoms with Crippen molar-refractivity contribution in [2.75, 3.05) is 0 Å². The highest BCUT2D eigenvalue weighted by molar-refractivity contribution is 8.31. The Morgan fingerprint density at radius 1 is 0.826 bits per heavy atom. The van der Waals surface area contributed by atoms with Crippen molar-refractivity contribution in [2.45, 2.75) is 82.4 Å². The second-order valence-electron chi connectivity index (χ2n) is 9.31. The van der Waals surface area contributed by atoms with Crippen LogP contribution >= 0.6 is 10.4 Å². The number of aromatic nitrogens is 1. The van der Waals surface area contributed by atoms with Crippen LogP contribution in [0.3, 0.4) is 0 Å². The molecule has 0 unspecified atom stereocenters. The minimum Gasteiger partial charge on any atom is -0.330 e. The highest BCUT2D eigenvalue weighted by Gasteiger charge is 2.50. The van der Waals surface area contributed by atoms with E-state index in [0.29, 0.717) is 0 Å². The van der Waals surface area contributed by atoms with Gasteiger partial charge in [-0.15, -0.1) is 0 Å². The first-order valence-corrected chi connectivity index (χ1v) is 9.88. The number of fused-ring (bicyclic) bond motifs is 1. The molecule has 0 aliphatic rings. The summed E-state index contributed by atoms with van der Waals surface area (Å²) in [6.07, 6.45) is 0. The molecule has 2 rings (SSSR count). The molecule has 0 saturated heterocycles. The predicted octanol–water partition coefficient (Wildman–Crippen LogP) is 7.04. The Labute approximate surface area is 142 Å². The van der Waals surface area contributed by atoms with Gasteiger partial charge in [-0.1, -0.05) is 18.2 Å². The molecular weight excluding hydrogens is 305 g/mol. The van der Waals surface area contributed by atoms with Crippen LogP contribution in [0.1, 0.15) is 62.3 Å². The number of nitrogens with zero attached hydrogens (tertiary/aromatic N) is 1. The molecule has 3 heteroatoms. The highest BCUT2D eigenvalue weighted by Crippen LogP contribution is 2.74. The third kappa shape index (κ3) is 2.82. The van der Waals surface area contributed by atoms with Crippen LogP contribution in [0.25, 0.3) is 10.9 Å². The van der Waals surface area contributed by atoms with Gasteiger partial charge in [-0.3, -0.25) is 0 Å². The number of benzene rings is 1. The quantitative estimate of drug-likeness (QED) is 0.526. The van der Waals surface area contributed by atoms with Crippen molar-refractivity contribution in [3.63, 3.8) is 0 Å². The van der Waals surface area contributed by atoms with Gasteiger partial charge in [0.2, 0.25) is 0 Å². The van der Waals surface area contributed by atoms with Gasteiger partial charge in [0, 0.05) is 25.9 Å². The summed E-state index contributed by atoms with van der Waals surface area (Å²) in [5.74, 6) is 0. The first kappa shape index (κ1) is 18.4. The second-order valence-corrected chi connectivity index (χ2v) is 13.3. The molecule has 1 heterocycles. The van der Waals surface area contributed by atoms with E-state index in [1.54, 1.807) is 0 Å². The average Bonchev–Trinajstić information content (AvgIpc) is 2.73. The highest BCUT2D eigenvalue weighted by atomic mass is 32.3. The van der Waals surface area contributed by atoms with E-state index in [2.05, 4.69) is 43.5 Å². The van der Waals surface area contributed by atoms with Gasteiger partial charge >= 0.3 is 0 Å². The van der Waals surface area contributed by atoms with Crippen LogP contribution < -0.4 is 0 Å². The largest absolute Gasteiger partial charge is 0.330 e. The lowest BCUT2D eigenvalue weighted by Crippen LogP contribution is -2.38. The lowest BCUT2D eigenvalue weighted by Gasteiger charge is -2.52. The van der Waals surface area contributed by atoms with Gasteiger partial charge in [-0.25, -0.2) is 0 Å². The van der Waals surface area contributed by atoms with E-state index in [-0.39, 0.29) is 5.54 Å². The summed E-state index contributed by atoms with van der Waals surface area (Å²) >= 11 is 0. The smallest absolute Gasteiger partial charge is 0.0872 e. The predicted molar refractivity (Wildman–Crippen MR) is 103 cm³/mol. The minimum absolute atomic E-state index is 0.167. The first-order valence-electron chi connectivity index (χ1n) is 8.34. The molecule has 0 amide bonds. The average molecular weight is 338 g/mol. The van der Waals surface area contributed by atoms with Gasteiger partial charge in [-0.2, -0.15) is 3.89 Å². The van der Waals surface area contributed by atoms with E-state index in [1.807, 2.05) is 53.7 Å². The maximum absolute atomic E-state index is 16.8. The van der Waals surface area contributed by atoms with E-state index in [9.17, 15) is 0 Å². The Balaban J connectivity index is 2.96. The van der Waals surface area contributed by atoms with Crippen LogP contribution in [0.5, 0.6) is 0 Å². The Bertz CT molecular complexity index is 694. The normalized spacial score (nSPS) is 15.2. The minimum atomic E-state index is -2.56. The molecule has 0 aliphatic heterocycles. The van der Waals surface area contributed by atoms with Crippen molar-refractivity contribution in [3.05, 3.63) is 30.3 Å². The van der Waals surface area contributed by atoms with Crippen LogP contribution in [-0.2, 0) is 5.54 Å². The summed E-state index contributed by atoms with van der Waals surface area (Å²) in [7, 11) is -2.56. The zero-order chi connectivity index (χ0) is 17.8. The van der Waals surface area contributed by atoms with E-state index in [1.165, 1.54) is 0 Å². The number of para-hydroxylation sites is 1. The summed E-state index contributed by atoms with van der Waals surface area (Å²) in [4.78, 5) is 0. The Morgan fingerprint density at radius 2 is 1.30 bits per heavy atom. The molecule has 0 radical (unpaired) electrons. The zero-order valence-electron chi connectivity index (χ0n) is 16.1. The van der Waals surface area contributed by atoms with Gasteiger partial charge in [0.05, 0.1) is 5.03 Å². The van der Waals surface area contributed by atoms with E-state index >= 15 is 3.89 Å². The van der Waals surface area contributed by atoms with E-state index in [0.717, 1.165) is 15.9 Å². The van der Waals surface area contributed by atoms with Crippen LogP contribution in [0, 0.1) is 0 Å². The van der Waals surface area contributed by atoms with Gasteiger partial charge < -0.3 is 4.57 Å². The molecule has 0 saturated carbocycles. The number of hydrogen-bond acceptors (Lipinski definition) is 0. The summed E-state index contributed by atoms with van der Waals surface area (Å²) < 4.78 is 18.2. The third-order valence-electron chi connectivity index (χ3n) is 4.32. The zero-order valence-corrected chi connectivity index (χ0v) is 16.9. The Hall–Kier alpha value is -0.960. The fraction of sp³-hybridized carbons (Fsp3) is 0.600. The van der Waals surface area contributed by atoms with Crippen molar-refractivity contribution >= 4 is 21.3 Å². The van der Waals surface area contributed by atoms with Gasteiger partial charge in [0.15, 0.2) is 0 Å². The fourth-order valence-corrected chi connectivity index (χ4v) is 7.58. The molecule has 0 spiro atoms. The van der Waals surface area contributed by atoms with Crippen molar-refractivity contribution in [1.82, 2.24) is 4.57 Å². The van der Waals surface area contributed by atoms with Crippen LogP contribution in [0.2, 0.25) is 0 Å². The molecule has 2 aromatic rings. The van der Waals surface area contributed by atoms with Crippen molar-refractivity contribution < 1.29 is 3.89 Å². The van der Waals surface area contributed by atoms with Gasteiger partial charge in [-0.05, 0) is 84.9 Å². The van der Waals surface area contributed by atoms with E-state index < -0.39 is 19.9 Å². The molecule has 0 N–H and O–H groups in total. The lowest BCUT2D eigenvalue weighted by molar-refractivity contribution is 0.380. The topological polar surface area (TPSA) is 4.93 Å².